The topological polar surface area (TPSA) is 98.7 Å². The van der Waals surface area contributed by atoms with Gasteiger partial charge in [-0.25, -0.2) is 9.78 Å². The van der Waals surface area contributed by atoms with Crippen LogP contribution in [0.15, 0.2) is 60.7 Å². The Bertz CT molecular complexity index is 1270. The maximum absolute atomic E-state index is 13.4. The highest BCUT2D eigenvalue weighted by atomic mass is 35.5. The van der Waals surface area contributed by atoms with Crippen LogP contribution in [0, 0.1) is 0 Å². The Labute approximate surface area is 234 Å². The van der Waals surface area contributed by atoms with Crippen LogP contribution in [0.4, 0.5) is 11.8 Å². The summed E-state index contributed by atoms with van der Waals surface area (Å²) >= 11 is 5.96. The number of carbonyl (C=O) groups is 2. The third-order valence-electron chi connectivity index (χ3n) is 7.62. The van der Waals surface area contributed by atoms with Gasteiger partial charge in [0.2, 0.25) is 5.95 Å². The van der Waals surface area contributed by atoms with E-state index in [2.05, 4.69) is 44.4 Å². The Morgan fingerprint density at radius 2 is 1.62 bits per heavy atom. The van der Waals surface area contributed by atoms with Gasteiger partial charge in [-0.1, -0.05) is 54.1 Å². The fourth-order valence-electron chi connectivity index (χ4n) is 5.39. The van der Waals surface area contributed by atoms with Crippen LogP contribution in [0.1, 0.15) is 59.6 Å². The molecule has 1 aromatic heterocycles. The summed E-state index contributed by atoms with van der Waals surface area (Å²) in [6, 6.07) is 18.1. The van der Waals surface area contributed by atoms with E-state index in [0.29, 0.717) is 16.9 Å². The molecule has 2 aromatic carbocycles. The van der Waals surface area contributed by atoms with E-state index in [4.69, 9.17) is 16.6 Å². The van der Waals surface area contributed by atoms with E-state index >= 15 is 0 Å². The van der Waals surface area contributed by atoms with Crippen molar-refractivity contribution in [3.8, 4) is 0 Å². The lowest BCUT2D eigenvalue weighted by atomic mass is 9.90. The van der Waals surface area contributed by atoms with Crippen molar-refractivity contribution in [1.29, 1.82) is 0 Å². The molecule has 0 radical (unpaired) electrons. The summed E-state index contributed by atoms with van der Waals surface area (Å²) in [4.78, 5) is 39.3. The molecule has 3 heterocycles. The molecule has 2 saturated heterocycles. The van der Waals surface area contributed by atoms with Crippen molar-refractivity contribution in [2.45, 2.75) is 50.5 Å². The minimum atomic E-state index is -1.10. The van der Waals surface area contributed by atoms with Crippen LogP contribution in [0.3, 0.4) is 0 Å². The second-order valence-electron chi connectivity index (χ2n) is 10.3. The highest BCUT2D eigenvalue weighted by Crippen LogP contribution is 2.30. The van der Waals surface area contributed by atoms with Gasteiger partial charge in [-0.2, -0.15) is 4.98 Å². The van der Waals surface area contributed by atoms with Crippen molar-refractivity contribution in [2.75, 3.05) is 36.0 Å². The number of carbonyl (C=O) groups excluding carboxylic acids is 1. The minimum absolute atomic E-state index is 0.141. The third kappa shape index (κ3) is 6.87. The van der Waals surface area contributed by atoms with Crippen LogP contribution in [0.5, 0.6) is 0 Å². The Morgan fingerprint density at radius 1 is 0.923 bits per heavy atom. The van der Waals surface area contributed by atoms with Gasteiger partial charge in [0.1, 0.15) is 17.6 Å². The number of nitrogens with one attached hydrogen (secondary N) is 1. The zero-order chi connectivity index (χ0) is 27.2. The number of aliphatic carboxylic acids is 1. The van der Waals surface area contributed by atoms with Crippen LogP contribution < -0.4 is 15.1 Å². The SMILES string of the molecule is O=C(NC(Cc1ccc(Cl)cc1)C(=O)O)c1cc(N2CCCCC2)nc(N2CCC(c3ccccc3)CC2)n1. The Morgan fingerprint density at radius 3 is 2.28 bits per heavy atom. The number of nitrogens with zero attached hydrogens (tertiary/aromatic N) is 4. The van der Waals surface area contributed by atoms with Gasteiger partial charge in [-0.05, 0) is 61.3 Å². The summed E-state index contributed by atoms with van der Waals surface area (Å²) in [6.07, 6.45) is 5.43. The number of carboxylic acid groups (broad SMARTS) is 1. The van der Waals surface area contributed by atoms with Gasteiger partial charge in [-0.3, -0.25) is 4.79 Å². The van der Waals surface area contributed by atoms with Gasteiger partial charge >= 0.3 is 5.97 Å². The Hall–Kier alpha value is -3.65. The Balaban J connectivity index is 1.35. The largest absolute Gasteiger partial charge is 0.480 e. The van der Waals surface area contributed by atoms with Gasteiger partial charge < -0.3 is 20.2 Å². The summed E-state index contributed by atoms with van der Waals surface area (Å²) in [5.41, 5.74) is 2.31. The van der Waals surface area contributed by atoms with Crippen molar-refractivity contribution in [3.05, 3.63) is 82.5 Å². The second kappa shape index (κ2) is 12.5. The molecule has 2 N–H and O–H groups in total. The van der Waals surface area contributed by atoms with Crippen LogP contribution in [0.2, 0.25) is 5.02 Å². The fourth-order valence-corrected chi connectivity index (χ4v) is 5.52. The van der Waals surface area contributed by atoms with E-state index in [1.165, 1.54) is 12.0 Å². The van der Waals surface area contributed by atoms with E-state index in [9.17, 15) is 14.7 Å². The molecule has 0 spiro atoms. The minimum Gasteiger partial charge on any atom is -0.480 e. The van der Waals surface area contributed by atoms with E-state index in [1.807, 2.05) is 6.07 Å². The number of hydrogen-bond donors (Lipinski definition) is 2. The molecule has 39 heavy (non-hydrogen) atoms. The smallest absolute Gasteiger partial charge is 0.326 e. The fraction of sp³-hybridized carbons (Fsp3) is 0.400. The molecule has 1 amide bonds. The summed E-state index contributed by atoms with van der Waals surface area (Å²) in [5, 5.41) is 13.1. The van der Waals surface area contributed by atoms with Crippen molar-refractivity contribution in [1.82, 2.24) is 15.3 Å². The third-order valence-corrected chi connectivity index (χ3v) is 7.87. The second-order valence-corrected chi connectivity index (χ2v) is 10.8. The summed E-state index contributed by atoms with van der Waals surface area (Å²) in [5.74, 6) is 0.114. The van der Waals surface area contributed by atoms with Gasteiger partial charge in [0.15, 0.2) is 0 Å². The molecular formula is C30H34ClN5O3. The zero-order valence-electron chi connectivity index (χ0n) is 21.9. The van der Waals surface area contributed by atoms with Crippen LogP contribution in [0.25, 0.3) is 0 Å². The summed E-state index contributed by atoms with van der Waals surface area (Å²) in [6.45, 7) is 3.33. The number of carboxylic acids is 1. The molecule has 5 rings (SSSR count). The van der Waals surface area contributed by atoms with Crippen molar-refractivity contribution in [2.24, 2.45) is 0 Å². The first-order chi connectivity index (χ1) is 19.0. The monoisotopic (exact) mass is 547 g/mol. The standard InChI is InChI=1S/C30H34ClN5O3/c31-24-11-9-21(10-12-24)19-26(29(38)39)32-28(37)25-20-27(35-15-5-2-6-16-35)34-30(33-25)36-17-13-23(14-18-36)22-7-3-1-4-8-22/h1,3-4,7-12,20,23,26H,2,5-6,13-19H2,(H,32,37)(H,38,39). The van der Waals surface area contributed by atoms with Gasteiger partial charge in [-0.15, -0.1) is 0 Å². The van der Waals surface area contributed by atoms with Crippen molar-refractivity contribution >= 4 is 35.2 Å². The molecule has 9 heteroatoms. The summed E-state index contributed by atoms with van der Waals surface area (Å²) < 4.78 is 0. The first-order valence-corrected chi connectivity index (χ1v) is 14.1. The molecule has 1 unspecified atom stereocenters. The maximum Gasteiger partial charge on any atom is 0.326 e. The number of amides is 1. The predicted octanol–water partition coefficient (Wildman–Crippen LogP) is 4.93. The predicted molar refractivity (Wildman–Crippen MR) is 153 cm³/mol. The molecule has 2 aliphatic heterocycles. The molecule has 2 fully saturated rings. The van der Waals surface area contributed by atoms with Crippen molar-refractivity contribution in [3.63, 3.8) is 0 Å². The first kappa shape index (κ1) is 26.9. The number of hydrogen-bond acceptors (Lipinski definition) is 6. The van der Waals surface area contributed by atoms with Crippen LogP contribution >= 0.6 is 11.6 Å². The molecule has 0 aliphatic carbocycles. The summed E-state index contributed by atoms with van der Waals surface area (Å²) in [7, 11) is 0. The van der Waals surface area contributed by atoms with Crippen LogP contribution in [-0.2, 0) is 11.2 Å². The number of rotatable bonds is 8. The highest BCUT2D eigenvalue weighted by Gasteiger charge is 2.27. The molecule has 8 nitrogen and oxygen atoms in total. The van der Waals surface area contributed by atoms with E-state index in [-0.39, 0.29) is 12.1 Å². The normalized spacial score (nSPS) is 17.1. The molecular weight excluding hydrogens is 514 g/mol. The Kier molecular flexibility index (Phi) is 8.61. The molecule has 3 aromatic rings. The lowest BCUT2D eigenvalue weighted by Gasteiger charge is -2.34. The molecule has 0 saturated carbocycles. The molecule has 204 valence electrons. The van der Waals surface area contributed by atoms with Crippen molar-refractivity contribution < 1.29 is 14.7 Å². The van der Waals surface area contributed by atoms with Gasteiger partial charge in [0, 0.05) is 43.7 Å². The highest BCUT2D eigenvalue weighted by molar-refractivity contribution is 6.30. The lowest BCUT2D eigenvalue weighted by molar-refractivity contribution is -0.139. The molecule has 0 bridgehead atoms. The molecule has 2 aliphatic rings. The number of benzene rings is 2. The van der Waals surface area contributed by atoms with E-state index < -0.39 is 17.9 Å². The maximum atomic E-state index is 13.4. The molecule has 1 atom stereocenters. The number of anilines is 2. The van der Waals surface area contributed by atoms with E-state index in [1.54, 1.807) is 30.3 Å². The zero-order valence-corrected chi connectivity index (χ0v) is 22.7. The lowest BCUT2D eigenvalue weighted by Crippen LogP contribution is -2.43. The number of aromatic nitrogens is 2. The number of piperidine rings is 2. The number of halogens is 1. The first-order valence-electron chi connectivity index (χ1n) is 13.7. The van der Waals surface area contributed by atoms with Gasteiger partial charge in [0.05, 0.1) is 0 Å². The van der Waals surface area contributed by atoms with Gasteiger partial charge in [0.25, 0.3) is 5.91 Å². The average Bonchev–Trinajstić information content (AvgIpc) is 2.98. The average molecular weight is 548 g/mol. The quantitative estimate of drug-likeness (QED) is 0.412. The van der Waals surface area contributed by atoms with E-state index in [0.717, 1.165) is 63.2 Å². The van der Waals surface area contributed by atoms with Crippen LogP contribution in [-0.4, -0.2) is 59.2 Å².